The first-order valence-corrected chi connectivity index (χ1v) is 8.73. The molecule has 24 heavy (non-hydrogen) atoms. The van der Waals surface area contributed by atoms with Crippen molar-refractivity contribution in [3.8, 4) is 0 Å². The fourth-order valence-electron chi connectivity index (χ4n) is 3.31. The summed E-state index contributed by atoms with van der Waals surface area (Å²) in [5.41, 5.74) is -0.115. The monoisotopic (exact) mass is 400 g/mol. The van der Waals surface area contributed by atoms with Crippen LogP contribution in [-0.2, 0) is 4.79 Å². The lowest BCUT2D eigenvalue weighted by atomic mass is 9.96. The van der Waals surface area contributed by atoms with Gasteiger partial charge in [-0.05, 0) is 26.0 Å². The van der Waals surface area contributed by atoms with E-state index in [2.05, 4.69) is 15.9 Å². The third-order valence-corrected chi connectivity index (χ3v) is 6.05. The first-order valence-electron chi connectivity index (χ1n) is 7.82. The minimum absolute atomic E-state index is 0.115. The Morgan fingerprint density at radius 2 is 1.96 bits per heavy atom. The van der Waals surface area contributed by atoms with Gasteiger partial charge in [0, 0.05) is 12.8 Å². The number of imide groups is 1. The molecule has 1 N–H and O–H groups in total. The number of hydrogen-bond donors (Lipinski definition) is 1. The number of ketones is 1. The summed E-state index contributed by atoms with van der Waals surface area (Å²) in [7, 11) is 0. The second kappa shape index (κ2) is 7.11. The molecule has 1 aliphatic heterocycles. The highest BCUT2D eigenvalue weighted by Gasteiger charge is 2.55. The van der Waals surface area contributed by atoms with E-state index in [1.165, 1.54) is 31.2 Å². The molecule has 0 radical (unpaired) electrons. The number of quaternary nitrogens is 1. The van der Waals surface area contributed by atoms with Gasteiger partial charge >= 0.3 is 12.0 Å². The quantitative estimate of drug-likeness (QED) is 0.475. The second-order valence-electron chi connectivity index (χ2n) is 6.24. The Morgan fingerprint density at radius 3 is 2.46 bits per heavy atom. The van der Waals surface area contributed by atoms with Crippen molar-refractivity contribution < 1.29 is 28.4 Å². The minimum Gasteiger partial charge on any atom is -0.435 e. The van der Waals surface area contributed by atoms with E-state index < -0.39 is 38.8 Å². The number of carbonyl (C=O) groups excluding carboxylic acids is 2. The highest BCUT2D eigenvalue weighted by atomic mass is 79.9. The molecule has 1 aliphatic rings. The molecule has 4 atom stereocenters. The predicted molar refractivity (Wildman–Crippen MR) is 89.5 cm³/mol. The molecule has 7 heteroatoms. The molecule has 1 fully saturated rings. The van der Waals surface area contributed by atoms with Crippen LogP contribution >= 0.6 is 15.9 Å². The van der Waals surface area contributed by atoms with Crippen LogP contribution in [0.15, 0.2) is 24.3 Å². The van der Waals surface area contributed by atoms with Gasteiger partial charge < -0.3 is 5.11 Å². The fourth-order valence-corrected chi connectivity index (χ4v) is 3.78. The maximum absolute atomic E-state index is 13.8. The zero-order valence-electron chi connectivity index (χ0n) is 13.5. The number of carboxylic acid groups (broad SMARTS) is 1. The smallest absolute Gasteiger partial charge is 0.435 e. The molecule has 2 unspecified atom stereocenters. The van der Waals surface area contributed by atoms with Gasteiger partial charge in [-0.2, -0.15) is 9.28 Å². The molecule has 1 aromatic carbocycles. The topological polar surface area (TPSA) is 71.4 Å². The van der Waals surface area contributed by atoms with Crippen molar-refractivity contribution in [1.29, 1.82) is 0 Å². The number of benzene rings is 1. The molecule has 0 bridgehead atoms. The minimum atomic E-state index is -1.20. The SMILES string of the molecule is CC(C(=O)[N@+]1(C(=O)O)CCCC1C)[C@H](Br)C(=O)c1ccccc1F. The van der Waals surface area contributed by atoms with Crippen LogP contribution in [0.25, 0.3) is 0 Å². The molecule has 0 aliphatic carbocycles. The molecule has 5 nitrogen and oxygen atoms in total. The maximum Gasteiger partial charge on any atom is 0.521 e. The first kappa shape index (κ1) is 18.7. The number of Topliss-reactive ketones (excluding diaryl/α,β-unsaturated/α-hetero) is 1. The number of alkyl halides is 1. The maximum atomic E-state index is 13.8. The number of hydrogen-bond acceptors (Lipinski definition) is 3. The Labute approximate surface area is 148 Å². The summed E-state index contributed by atoms with van der Waals surface area (Å²) in [4.78, 5) is 36.2. The third-order valence-electron chi connectivity index (χ3n) is 4.84. The van der Waals surface area contributed by atoms with Gasteiger partial charge in [0.15, 0.2) is 5.78 Å². The van der Waals surface area contributed by atoms with Crippen molar-refractivity contribution in [2.75, 3.05) is 6.54 Å². The number of nitrogens with zero attached hydrogens (tertiary/aromatic N) is 1. The van der Waals surface area contributed by atoms with Gasteiger partial charge in [-0.25, -0.2) is 9.18 Å². The third kappa shape index (κ3) is 3.02. The molecular formula is C17H20BrFNO4+. The Balaban J connectivity index is 2.28. The highest BCUT2D eigenvalue weighted by molar-refractivity contribution is 9.10. The van der Waals surface area contributed by atoms with E-state index in [0.717, 1.165) is 0 Å². The molecule has 1 aromatic rings. The lowest BCUT2D eigenvalue weighted by Gasteiger charge is -2.32. The highest BCUT2D eigenvalue weighted by Crippen LogP contribution is 2.33. The van der Waals surface area contributed by atoms with E-state index >= 15 is 0 Å². The standard InChI is InChI=1S/C17H19BrFNO4/c1-10-6-5-9-20(10,17(23)24)16(22)11(2)14(18)15(21)12-7-3-4-8-13(12)19/h3-4,7-8,10-11,14H,5-6,9H2,1-2H3/p+1/t10?,11?,14-,20-/m0/s1. The van der Waals surface area contributed by atoms with Gasteiger partial charge in [0.25, 0.3) is 0 Å². The van der Waals surface area contributed by atoms with Crippen molar-refractivity contribution in [2.24, 2.45) is 5.92 Å². The summed E-state index contributed by atoms with van der Waals surface area (Å²) in [5, 5.41) is 9.63. The molecule has 0 saturated carbocycles. The van der Waals surface area contributed by atoms with Crippen LogP contribution < -0.4 is 0 Å². The van der Waals surface area contributed by atoms with Gasteiger partial charge in [0.1, 0.15) is 11.9 Å². The fraction of sp³-hybridized carbons (Fsp3) is 0.471. The predicted octanol–water partition coefficient (Wildman–Crippen LogP) is 3.61. The van der Waals surface area contributed by atoms with Crippen LogP contribution in [0.3, 0.4) is 0 Å². The normalized spacial score (nSPS) is 25.9. The summed E-state index contributed by atoms with van der Waals surface area (Å²) in [6, 6.07) is 5.19. The average Bonchev–Trinajstić information content (AvgIpc) is 2.95. The number of halogens is 2. The van der Waals surface area contributed by atoms with Gasteiger partial charge in [-0.3, -0.25) is 4.79 Å². The van der Waals surface area contributed by atoms with E-state index in [1.54, 1.807) is 6.92 Å². The number of rotatable bonds is 4. The van der Waals surface area contributed by atoms with Gasteiger partial charge in [-0.1, -0.05) is 28.1 Å². The van der Waals surface area contributed by atoms with Crippen LogP contribution in [0.1, 0.15) is 37.0 Å². The molecule has 2 rings (SSSR count). The van der Waals surface area contributed by atoms with Crippen molar-refractivity contribution in [3.63, 3.8) is 0 Å². The lowest BCUT2D eigenvalue weighted by Crippen LogP contribution is -2.61. The van der Waals surface area contributed by atoms with Crippen LogP contribution in [0.5, 0.6) is 0 Å². The van der Waals surface area contributed by atoms with Gasteiger partial charge in [0.2, 0.25) is 0 Å². The molecule has 0 aromatic heterocycles. The number of amides is 2. The van der Waals surface area contributed by atoms with Crippen LogP contribution in [0, 0.1) is 11.7 Å². The van der Waals surface area contributed by atoms with Crippen LogP contribution in [0.2, 0.25) is 0 Å². The van der Waals surface area contributed by atoms with E-state index in [1.807, 2.05) is 0 Å². The average molecular weight is 401 g/mol. The molecule has 130 valence electrons. The second-order valence-corrected chi connectivity index (χ2v) is 7.23. The van der Waals surface area contributed by atoms with Gasteiger partial charge in [0.05, 0.1) is 22.9 Å². The summed E-state index contributed by atoms with van der Waals surface area (Å²) in [6.45, 7) is 3.45. The number of likely N-dealkylation sites (tertiary alicyclic amines) is 1. The summed E-state index contributed by atoms with van der Waals surface area (Å²) >= 11 is 3.18. The molecule has 2 amide bonds. The summed E-state index contributed by atoms with van der Waals surface area (Å²) in [6.07, 6.45) is 0.0777. The first-order chi connectivity index (χ1) is 11.2. The van der Waals surface area contributed by atoms with Crippen molar-refractivity contribution >= 4 is 33.7 Å². The Kier molecular flexibility index (Phi) is 5.55. The Morgan fingerprint density at radius 1 is 1.33 bits per heavy atom. The Bertz CT molecular complexity index is 680. The summed E-state index contributed by atoms with van der Waals surface area (Å²) < 4.78 is 13.1. The molecular weight excluding hydrogens is 381 g/mol. The van der Waals surface area contributed by atoms with Crippen LogP contribution in [0.4, 0.5) is 9.18 Å². The largest absolute Gasteiger partial charge is 0.521 e. The van der Waals surface area contributed by atoms with Gasteiger partial charge in [-0.15, -0.1) is 0 Å². The molecule has 1 heterocycles. The summed E-state index contributed by atoms with van der Waals surface area (Å²) in [5.74, 6) is -2.65. The lowest BCUT2D eigenvalue weighted by molar-refractivity contribution is -0.794. The number of carbonyl (C=O) groups is 3. The van der Waals surface area contributed by atoms with Crippen molar-refractivity contribution in [1.82, 2.24) is 0 Å². The zero-order valence-corrected chi connectivity index (χ0v) is 15.1. The van der Waals surface area contributed by atoms with E-state index in [4.69, 9.17) is 0 Å². The van der Waals surface area contributed by atoms with E-state index in [-0.39, 0.29) is 18.2 Å². The van der Waals surface area contributed by atoms with E-state index in [9.17, 15) is 23.9 Å². The van der Waals surface area contributed by atoms with Crippen molar-refractivity contribution in [2.45, 2.75) is 37.6 Å². The van der Waals surface area contributed by atoms with Crippen molar-refractivity contribution in [3.05, 3.63) is 35.6 Å². The molecule has 1 saturated heterocycles. The van der Waals surface area contributed by atoms with E-state index in [0.29, 0.717) is 12.8 Å². The molecule has 0 spiro atoms. The Hall–Kier alpha value is -1.60. The van der Waals surface area contributed by atoms with Crippen LogP contribution in [-0.4, -0.2) is 44.8 Å². The zero-order chi connectivity index (χ0) is 18.1.